The van der Waals surface area contributed by atoms with Gasteiger partial charge in [0.05, 0.1) is 42.4 Å². The fourth-order valence-electron chi connectivity index (χ4n) is 7.87. The number of rotatable bonds is 14. The molecule has 0 aliphatic rings. The Morgan fingerprint density at radius 1 is 0.653 bits per heavy atom. The molecule has 72 heavy (non-hydrogen) atoms. The number of aromatic hydroxyl groups is 2. The molecule has 0 spiro atoms. The molecule has 0 saturated carbocycles. The molecule has 10 aromatic rings. The highest BCUT2D eigenvalue weighted by Gasteiger charge is 2.28. The number of para-hydroxylation sites is 4. The summed E-state index contributed by atoms with van der Waals surface area (Å²) in [4.78, 5) is 39.7. The van der Waals surface area contributed by atoms with Crippen LogP contribution in [0.1, 0.15) is 79.9 Å². The molecule has 10 rings (SSSR count). The fraction of sp³-hybridized carbons (Fsp3) is 0.200. The zero-order valence-corrected chi connectivity index (χ0v) is 41.4. The van der Waals surface area contributed by atoms with Gasteiger partial charge in [-0.25, -0.2) is 4.85 Å². The van der Waals surface area contributed by atoms with Gasteiger partial charge in [-0.15, -0.1) is 20.4 Å². The van der Waals surface area contributed by atoms with Crippen LogP contribution in [0.5, 0.6) is 11.8 Å². The van der Waals surface area contributed by atoms with Crippen molar-refractivity contribution in [2.24, 2.45) is 0 Å². The van der Waals surface area contributed by atoms with E-state index in [0.29, 0.717) is 62.3 Å². The second-order valence-electron chi connectivity index (χ2n) is 16.0. The Bertz CT molecular complexity index is 3810. The zero-order valence-electron chi connectivity index (χ0n) is 38.2. The summed E-state index contributed by atoms with van der Waals surface area (Å²) in [7, 11) is 0. The van der Waals surface area contributed by atoms with Gasteiger partial charge in [-0.3, -0.25) is 18.7 Å². The Morgan fingerprint density at radius 2 is 1.12 bits per heavy atom. The molecule has 0 radical (unpaired) electrons. The van der Waals surface area contributed by atoms with Crippen LogP contribution in [0.2, 0.25) is 0 Å². The topological polar surface area (TPSA) is 268 Å². The van der Waals surface area contributed by atoms with Gasteiger partial charge in [-0.05, 0) is 87.2 Å². The highest BCUT2D eigenvalue weighted by Crippen LogP contribution is 2.34. The van der Waals surface area contributed by atoms with Crippen molar-refractivity contribution in [3.8, 4) is 52.1 Å². The Labute approximate surface area is 424 Å². The average Bonchev–Trinajstić information content (AvgIpc) is 4.22. The van der Waals surface area contributed by atoms with Crippen LogP contribution in [-0.2, 0) is 25.7 Å². The first-order chi connectivity index (χ1) is 35.0. The van der Waals surface area contributed by atoms with Crippen LogP contribution < -0.4 is 11.1 Å². The highest BCUT2D eigenvalue weighted by atomic mass is 79.9. The number of halogens is 2. The molecule has 20 nitrogen and oxygen atoms in total. The SMILES string of the molecule is CCCCc1nc(O)c(-c2nnc(Cc3noc4ccccc34)o2)c(=O)n1-c1c(Br)cccc1Br.[C-]#[N+]c1cccc(C#N)c1-n1c(CCCC)nc(O)c(-c2nnc(Cc3noc4ccccc34)o2)c1=O. The zero-order chi connectivity index (χ0) is 50.5. The summed E-state index contributed by atoms with van der Waals surface area (Å²) in [5.74, 6) is -0.380. The van der Waals surface area contributed by atoms with Crippen molar-refractivity contribution in [2.45, 2.75) is 65.2 Å². The molecule has 4 aromatic carbocycles. The van der Waals surface area contributed by atoms with Gasteiger partial charge in [0, 0.05) is 32.6 Å². The van der Waals surface area contributed by atoms with E-state index in [2.05, 4.69) is 77.4 Å². The second-order valence-corrected chi connectivity index (χ2v) is 17.7. The van der Waals surface area contributed by atoms with E-state index in [1.807, 2.05) is 80.6 Å². The van der Waals surface area contributed by atoms with Gasteiger partial charge >= 0.3 is 0 Å². The summed E-state index contributed by atoms with van der Waals surface area (Å²) < 4.78 is 26.2. The summed E-state index contributed by atoms with van der Waals surface area (Å²) in [5, 5.41) is 57.0. The van der Waals surface area contributed by atoms with E-state index in [9.17, 15) is 25.1 Å². The van der Waals surface area contributed by atoms with Crippen LogP contribution in [0.25, 0.3) is 61.1 Å². The third-order valence-electron chi connectivity index (χ3n) is 11.3. The van der Waals surface area contributed by atoms with Crippen LogP contribution in [0.4, 0.5) is 5.69 Å². The molecular weight excluding hydrogens is 1060 g/mol. The predicted molar refractivity (Wildman–Crippen MR) is 267 cm³/mol. The summed E-state index contributed by atoms with van der Waals surface area (Å²) in [6.45, 7) is 11.6. The summed E-state index contributed by atoms with van der Waals surface area (Å²) >= 11 is 7.06. The minimum atomic E-state index is -0.728. The number of nitrogens with zero attached hydrogens (tertiary/aromatic N) is 12. The molecule has 0 aliphatic heterocycles. The third kappa shape index (κ3) is 9.52. The maximum Gasteiger partial charge on any atom is 0.274 e. The van der Waals surface area contributed by atoms with Gasteiger partial charge in [0.15, 0.2) is 22.3 Å². The lowest BCUT2D eigenvalue weighted by Crippen LogP contribution is -2.26. The Hall–Kier alpha value is -8.60. The Balaban J connectivity index is 0.000000178. The number of aromatic nitrogens is 10. The predicted octanol–water partition coefficient (Wildman–Crippen LogP) is 10.1. The number of benzene rings is 4. The highest BCUT2D eigenvalue weighted by molar-refractivity contribution is 9.11. The lowest BCUT2D eigenvalue weighted by atomic mass is 10.1. The smallest absolute Gasteiger partial charge is 0.274 e. The summed E-state index contributed by atoms with van der Waals surface area (Å²) in [6, 6.07) is 26.9. The molecule has 0 aliphatic carbocycles. The van der Waals surface area contributed by atoms with Crippen LogP contribution in [0.3, 0.4) is 0 Å². The monoisotopic (exact) mass is 1090 g/mol. The van der Waals surface area contributed by atoms with Crippen molar-refractivity contribution in [3.05, 3.63) is 166 Å². The third-order valence-corrected chi connectivity index (χ3v) is 12.6. The maximum atomic E-state index is 13.8. The molecule has 6 heterocycles. The quantitative estimate of drug-likeness (QED) is 0.0959. The van der Waals surface area contributed by atoms with E-state index < -0.39 is 22.9 Å². The molecule has 0 saturated heterocycles. The van der Waals surface area contributed by atoms with E-state index in [0.717, 1.165) is 30.0 Å². The number of hydrogen-bond donors (Lipinski definition) is 2. The van der Waals surface area contributed by atoms with Crippen molar-refractivity contribution in [1.82, 2.24) is 49.8 Å². The molecule has 0 fully saturated rings. The Morgan fingerprint density at radius 3 is 1.60 bits per heavy atom. The molecule has 22 heteroatoms. The van der Waals surface area contributed by atoms with Crippen molar-refractivity contribution < 1.29 is 28.1 Å². The van der Waals surface area contributed by atoms with Gasteiger partial charge in [0.25, 0.3) is 22.9 Å². The molecular formula is C50H38Br2N12O8. The van der Waals surface area contributed by atoms with Crippen LogP contribution in [0.15, 0.2) is 121 Å². The van der Waals surface area contributed by atoms with Crippen molar-refractivity contribution in [1.29, 1.82) is 5.26 Å². The largest absolute Gasteiger partial charge is 0.493 e. The van der Waals surface area contributed by atoms with Crippen molar-refractivity contribution in [3.63, 3.8) is 0 Å². The summed E-state index contributed by atoms with van der Waals surface area (Å²) in [6.07, 6.45) is 4.36. The first-order valence-corrected chi connectivity index (χ1v) is 24.0. The second kappa shape index (κ2) is 21.2. The molecule has 360 valence electrons. The molecule has 2 N–H and O–H groups in total. The minimum absolute atomic E-state index is 0.0960. The minimum Gasteiger partial charge on any atom is -0.493 e. The standard InChI is InChI=1S/C26H19N7O4.C24H19Br2N5O4/c1-3-4-12-20-29-24(34)22(26(35)33(20)23-15(14-27)8-7-10-17(23)28-2)25-31-30-21(36-25)13-18-16-9-5-6-11-19(16)37-32-18;1-2-3-11-18-27-22(32)20(24(33)31(18)21-14(25)8-6-9-15(21)26)23-29-28-19(34-23)12-16-13-7-4-5-10-17(13)35-30-16/h5-11,34H,3-4,12-13H2,1H3;4-10,32H,2-3,11-12H2,1H3. The van der Waals surface area contributed by atoms with Gasteiger partial charge in [0.2, 0.25) is 29.2 Å². The van der Waals surface area contributed by atoms with E-state index in [1.54, 1.807) is 12.1 Å². The first kappa shape index (κ1) is 48.4. The van der Waals surface area contributed by atoms with Gasteiger partial charge in [-0.2, -0.15) is 15.2 Å². The number of hydrogen-bond acceptors (Lipinski definition) is 17. The molecule has 0 bridgehead atoms. The van der Waals surface area contributed by atoms with Crippen molar-refractivity contribution >= 4 is 59.5 Å². The van der Waals surface area contributed by atoms with E-state index >= 15 is 0 Å². The van der Waals surface area contributed by atoms with Crippen molar-refractivity contribution in [2.75, 3.05) is 0 Å². The van der Waals surface area contributed by atoms with Gasteiger partial charge in [-0.1, -0.05) is 79.5 Å². The van der Waals surface area contributed by atoms with Crippen LogP contribution >= 0.6 is 31.9 Å². The van der Waals surface area contributed by atoms with E-state index in [4.69, 9.17) is 24.5 Å². The fourth-order valence-corrected chi connectivity index (χ4v) is 9.22. The van der Waals surface area contributed by atoms with Crippen LogP contribution in [-0.4, -0.2) is 60.0 Å². The molecule has 6 aromatic heterocycles. The molecule has 0 unspecified atom stereocenters. The average molecular weight is 1090 g/mol. The number of fused-ring (bicyclic) bond motifs is 2. The lowest BCUT2D eigenvalue weighted by Gasteiger charge is -2.16. The number of unbranched alkanes of at least 4 members (excludes halogenated alkanes) is 2. The van der Waals surface area contributed by atoms with Gasteiger partial charge in [0.1, 0.15) is 23.0 Å². The maximum absolute atomic E-state index is 13.8. The molecule has 0 amide bonds. The Kier molecular flexibility index (Phi) is 14.2. The molecule has 0 atom stereocenters. The number of aryl methyl sites for hydroxylation is 2. The normalized spacial score (nSPS) is 11.1. The first-order valence-electron chi connectivity index (χ1n) is 22.4. The van der Waals surface area contributed by atoms with E-state index in [-0.39, 0.29) is 70.3 Å². The van der Waals surface area contributed by atoms with Crippen LogP contribution in [0, 0.1) is 17.9 Å². The van der Waals surface area contributed by atoms with Gasteiger partial charge < -0.3 is 28.1 Å². The van der Waals surface area contributed by atoms with E-state index in [1.165, 1.54) is 21.3 Å². The number of nitriles is 1. The summed E-state index contributed by atoms with van der Waals surface area (Å²) in [5.41, 5.74) is 1.61. The lowest BCUT2D eigenvalue weighted by molar-refractivity contribution is 0.435.